The van der Waals surface area contributed by atoms with Gasteiger partial charge < -0.3 is 5.11 Å². The Morgan fingerprint density at radius 1 is 1.47 bits per heavy atom. The van der Waals surface area contributed by atoms with Crippen molar-refractivity contribution in [1.82, 2.24) is 0 Å². The minimum absolute atomic E-state index is 0.0212. The molecule has 1 saturated heterocycles. The van der Waals surface area contributed by atoms with Crippen molar-refractivity contribution in [1.29, 1.82) is 5.26 Å². The molecule has 94 valence electrons. The molecule has 0 aromatic carbocycles. The van der Waals surface area contributed by atoms with Crippen LogP contribution < -0.4 is 0 Å². The Kier molecular flexibility index (Phi) is 3.28. The van der Waals surface area contributed by atoms with Gasteiger partial charge in [0.15, 0.2) is 9.84 Å². The van der Waals surface area contributed by atoms with Crippen LogP contribution in [0.4, 0.5) is 0 Å². The molecule has 4 nitrogen and oxygen atoms in total. The molecule has 0 aromatic heterocycles. The minimum atomic E-state index is -3.15. The van der Waals surface area contributed by atoms with Gasteiger partial charge in [0.1, 0.15) is 0 Å². The van der Waals surface area contributed by atoms with Crippen molar-refractivity contribution in [2.75, 3.05) is 11.5 Å². The smallest absolute Gasteiger partial charge is 0.152 e. The van der Waals surface area contributed by atoms with Crippen molar-refractivity contribution in [3.05, 3.63) is 12.2 Å². The maximum absolute atomic E-state index is 11.5. The molecule has 17 heavy (non-hydrogen) atoms. The molecule has 1 aliphatic heterocycles. The number of nitriles is 1. The molecule has 1 fully saturated rings. The topological polar surface area (TPSA) is 78.2 Å². The predicted octanol–water partition coefficient (Wildman–Crippen LogP) is 1.03. The minimum Gasteiger partial charge on any atom is -0.391 e. The highest BCUT2D eigenvalue weighted by molar-refractivity contribution is 7.91. The second-order valence-electron chi connectivity index (χ2n) is 5.10. The predicted molar refractivity (Wildman–Crippen MR) is 63.8 cm³/mol. The van der Waals surface area contributed by atoms with Crippen LogP contribution in [0.25, 0.3) is 0 Å². The zero-order chi connectivity index (χ0) is 12.5. The summed E-state index contributed by atoms with van der Waals surface area (Å²) in [5.74, 6) is -0.133. The largest absolute Gasteiger partial charge is 0.391 e. The molecule has 1 N–H and O–H groups in total. The van der Waals surface area contributed by atoms with E-state index in [-0.39, 0.29) is 23.8 Å². The van der Waals surface area contributed by atoms with Crippen molar-refractivity contribution in [3.63, 3.8) is 0 Å². The molecular weight excluding hydrogens is 238 g/mol. The van der Waals surface area contributed by atoms with Crippen LogP contribution in [-0.2, 0) is 9.84 Å². The van der Waals surface area contributed by atoms with Crippen LogP contribution in [-0.4, -0.2) is 31.1 Å². The number of rotatable bonds is 2. The van der Waals surface area contributed by atoms with Crippen LogP contribution in [0, 0.1) is 22.7 Å². The van der Waals surface area contributed by atoms with Crippen molar-refractivity contribution < 1.29 is 13.5 Å². The second-order valence-corrected chi connectivity index (χ2v) is 7.28. The molecule has 0 saturated carbocycles. The van der Waals surface area contributed by atoms with E-state index in [1.165, 1.54) is 0 Å². The molecule has 3 unspecified atom stereocenters. The van der Waals surface area contributed by atoms with Gasteiger partial charge in [0.05, 0.1) is 29.1 Å². The van der Waals surface area contributed by atoms with Crippen LogP contribution in [0.3, 0.4) is 0 Å². The molecule has 5 heteroatoms. The number of aliphatic hydroxyl groups is 1. The quantitative estimate of drug-likeness (QED) is 0.748. The zero-order valence-electron chi connectivity index (χ0n) is 9.67. The molecule has 2 aliphatic rings. The molecule has 1 aliphatic carbocycles. The van der Waals surface area contributed by atoms with E-state index in [1.807, 2.05) is 6.08 Å². The Morgan fingerprint density at radius 2 is 2.24 bits per heavy atom. The third kappa shape index (κ3) is 2.38. The van der Waals surface area contributed by atoms with E-state index in [2.05, 4.69) is 12.1 Å². The Labute approximate surface area is 102 Å². The van der Waals surface area contributed by atoms with Gasteiger partial charge in [-0.1, -0.05) is 12.2 Å². The van der Waals surface area contributed by atoms with Crippen LogP contribution in [0.1, 0.15) is 25.7 Å². The maximum atomic E-state index is 11.5. The zero-order valence-corrected chi connectivity index (χ0v) is 10.5. The van der Waals surface area contributed by atoms with Crippen LogP contribution in [0.2, 0.25) is 0 Å². The van der Waals surface area contributed by atoms with E-state index in [1.54, 1.807) is 0 Å². The normalized spacial score (nSPS) is 37.5. The second kappa shape index (κ2) is 4.43. The molecule has 0 amide bonds. The first-order valence-corrected chi connectivity index (χ1v) is 7.76. The Balaban J connectivity index is 2.19. The van der Waals surface area contributed by atoms with E-state index >= 15 is 0 Å². The van der Waals surface area contributed by atoms with Crippen LogP contribution in [0.5, 0.6) is 0 Å². The monoisotopic (exact) mass is 255 g/mol. The van der Waals surface area contributed by atoms with Gasteiger partial charge in [-0.2, -0.15) is 5.26 Å². The molecule has 0 radical (unpaired) electrons. The fraction of sp³-hybridized carbons (Fsp3) is 0.750. The highest BCUT2D eigenvalue weighted by Gasteiger charge is 2.50. The standard InChI is InChI=1S/C12H17NO3S/c13-8-12(6-7-17(15,16)9-12)11(14)10-4-2-1-3-5-10/h1-2,10-11,14H,3-7,9H2. The molecule has 0 bridgehead atoms. The summed E-state index contributed by atoms with van der Waals surface area (Å²) >= 11 is 0. The average molecular weight is 255 g/mol. The first-order chi connectivity index (χ1) is 7.99. The van der Waals surface area contributed by atoms with Gasteiger partial charge in [-0.15, -0.1) is 0 Å². The van der Waals surface area contributed by atoms with Crippen molar-refractivity contribution in [2.45, 2.75) is 31.8 Å². The molecule has 1 heterocycles. The van der Waals surface area contributed by atoms with Crippen LogP contribution in [0.15, 0.2) is 12.2 Å². The van der Waals surface area contributed by atoms with Gasteiger partial charge in [0.2, 0.25) is 0 Å². The third-order valence-electron chi connectivity index (χ3n) is 3.88. The van der Waals surface area contributed by atoms with Gasteiger partial charge in [-0.05, 0) is 31.6 Å². The fourth-order valence-corrected chi connectivity index (χ4v) is 4.80. The summed E-state index contributed by atoms with van der Waals surface area (Å²) in [6.45, 7) is 0. The summed E-state index contributed by atoms with van der Waals surface area (Å²) in [6.07, 6.45) is 5.99. The average Bonchev–Trinajstić information content (AvgIpc) is 2.66. The van der Waals surface area contributed by atoms with Crippen molar-refractivity contribution in [2.24, 2.45) is 11.3 Å². The lowest BCUT2D eigenvalue weighted by Crippen LogP contribution is -2.40. The first kappa shape index (κ1) is 12.6. The van der Waals surface area contributed by atoms with E-state index < -0.39 is 21.4 Å². The summed E-state index contributed by atoms with van der Waals surface area (Å²) in [5, 5.41) is 19.6. The van der Waals surface area contributed by atoms with Gasteiger partial charge >= 0.3 is 0 Å². The number of aliphatic hydroxyl groups excluding tert-OH is 1. The van der Waals surface area contributed by atoms with E-state index in [9.17, 15) is 18.8 Å². The van der Waals surface area contributed by atoms with Crippen molar-refractivity contribution in [3.8, 4) is 6.07 Å². The highest BCUT2D eigenvalue weighted by Crippen LogP contribution is 2.40. The molecule has 3 atom stereocenters. The highest BCUT2D eigenvalue weighted by atomic mass is 32.2. The summed E-state index contributed by atoms with van der Waals surface area (Å²) in [7, 11) is -3.15. The Bertz CT molecular complexity index is 463. The van der Waals surface area contributed by atoms with Gasteiger partial charge in [0, 0.05) is 0 Å². The molecule has 0 spiro atoms. The molecule has 2 rings (SSSR count). The summed E-state index contributed by atoms with van der Waals surface area (Å²) in [6, 6.07) is 2.08. The third-order valence-corrected chi connectivity index (χ3v) is 5.66. The number of allylic oxidation sites excluding steroid dienone is 2. The van der Waals surface area contributed by atoms with Gasteiger partial charge in [0.25, 0.3) is 0 Å². The Hall–Kier alpha value is -0.860. The van der Waals surface area contributed by atoms with E-state index in [0.717, 1.165) is 19.3 Å². The fourth-order valence-electron chi connectivity index (χ4n) is 2.82. The molecule has 0 aromatic rings. The first-order valence-electron chi connectivity index (χ1n) is 5.94. The lowest BCUT2D eigenvalue weighted by atomic mass is 9.73. The van der Waals surface area contributed by atoms with E-state index in [4.69, 9.17) is 0 Å². The number of sulfone groups is 1. The van der Waals surface area contributed by atoms with Crippen molar-refractivity contribution >= 4 is 9.84 Å². The molecular formula is C12H17NO3S. The van der Waals surface area contributed by atoms with Crippen LogP contribution >= 0.6 is 0 Å². The maximum Gasteiger partial charge on any atom is 0.152 e. The SMILES string of the molecule is N#CC1(C(O)C2CC=CCC2)CCS(=O)(=O)C1. The van der Waals surface area contributed by atoms with E-state index in [0.29, 0.717) is 0 Å². The number of nitrogens with zero attached hydrogens (tertiary/aromatic N) is 1. The number of hydrogen-bond donors (Lipinski definition) is 1. The van der Waals surface area contributed by atoms with Gasteiger partial charge in [-0.25, -0.2) is 8.42 Å². The Morgan fingerprint density at radius 3 is 2.71 bits per heavy atom. The lowest BCUT2D eigenvalue weighted by molar-refractivity contribution is 0.0221. The number of hydrogen-bond acceptors (Lipinski definition) is 4. The van der Waals surface area contributed by atoms with Gasteiger partial charge in [-0.3, -0.25) is 0 Å². The summed E-state index contributed by atoms with van der Waals surface area (Å²) in [4.78, 5) is 0. The summed E-state index contributed by atoms with van der Waals surface area (Å²) < 4.78 is 23.0. The lowest BCUT2D eigenvalue weighted by Gasteiger charge is -2.33. The summed E-state index contributed by atoms with van der Waals surface area (Å²) in [5.41, 5.74) is -1.07.